The number of ether oxygens (including phenoxy) is 1. The highest BCUT2D eigenvalue weighted by atomic mass is 35.5. The lowest BCUT2D eigenvalue weighted by atomic mass is 9.86. The van der Waals surface area contributed by atoms with E-state index in [0.717, 1.165) is 36.8 Å². The molecule has 3 aromatic rings. The second kappa shape index (κ2) is 13.6. The van der Waals surface area contributed by atoms with E-state index in [4.69, 9.17) is 27.9 Å². The monoisotopic (exact) mass is 580 g/mol. The summed E-state index contributed by atoms with van der Waals surface area (Å²) in [4.78, 5) is 29.4. The van der Waals surface area contributed by atoms with Crippen molar-refractivity contribution in [1.82, 2.24) is 10.2 Å². The van der Waals surface area contributed by atoms with E-state index in [0.29, 0.717) is 27.8 Å². The summed E-state index contributed by atoms with van der Waals surface area (Å²) in [5, 5.41) is 4.17. The Balaban J connectivity index is 1.66. The Morgan fingerprint density at radius 2 is 1.65 bits per heavy atom. The van der Waals surface area contributed by atoms with Crippen molar-refractivity contribution in [3.05, 3.63) is 99.5 Å². The third-order valence-electron chi connectivity index (χ3n) is 7.37. The summed E-state index contributed by atoms with van der Waals surface area (Å²) in [5.74, 6) is 0.198. The van der Waals surface area contributed by atoms with Crippen LogP contribution in [0.1, 0.15) is 63.1 Å². The third kappa shape index (κ3) is 8.02. The van der Waals surface area contributed by atoms with Gasteiger partial charge in [-0.2, -0.15) is 0 Å². The van der Waals surface area contributed by atoms with Crippen molar-refractivity contribution in [3.8, 4) is 5.75 Å². The van der Waals surface area contributed by atoms with Crippen LogP contribution in [0.4, 0.5) is 0 Å². The Morgan fingerprint density at radius 3 is 2.33 bits per heavy atom. The van der Waals surface area contributed by atoms with E-state index in [-0.39, 0.29) is 36.4 Å². The molecule has 1 aliphatic carbocycles. The van der Waals surface area contributed by atoms with Crippen LogP contribution in [0.5, 0.6) is 5.75 Å². The number of nitrogens with zero attached hydrogens (tertiary/aromatic N) is 1. The summed E-state index contributed by atoms with van der Waals surface area (Å²) in [6, 6.07) is 22.1. The Kier molecular flexibility index (Phi) is 10.2. The van der Waals surface area contributed by atoms with Gasteiger partial charge in [0.1, 0.15) is 11.8 Å². The van der Waals surface area contributed by atoms with Crippen molar-refractivity contribution in [2.24, 2.45) is 0 Å². The van der Waals surface area contributed by atoms with Crippen LogP contribution >= 0.6 is 23.2 Å². The van der Waals surface area contributed by atoms with Crippen molar-refractivity contribution in [1.29, 1.82) is 0 Å². The molecule has 5 nitrogen and oxygen atoms in total. The fraction of sp³-hybridized carbons (Fsp3) is 0.394. The molecule has 0 aromatic heterocycles. The molecule has 0 aliphatic heterocycles. The summed E-state index contributed by atoms with van der Waals surface area (Å²) in [5.41, 5.74) is 2.52. The summed E-state index contributed by atoms with van der Waals surface area (Å²) in [6.45, 7) is 6.26. The van der Waals surface area contributed by atoms with Gasteiger partial charge in [-0.3, -0.25) is 9.59 Å². The highest BCUT2D eigenvalue weighted by Gasteiger charge is 2.33. The van der Waals surface area contributed by atoms with Crippen LogP contribution in [0.3, 0.4) is 0 Å². The second-order valence-electron chi connectivity index (χ2n) is 11.5. The van der Waals surface area contributed by atoms with Crippen molar-refractivity contribution >= 4 is 35.0 Å². The number of carbonyl (C=O) groups is 2. The van der Waals surface area contributed by atoms with Gasteiger partial charge in [0.2, 0.25) is 5.91 Å². The molecule has 1 saturated carbocycles. The van der Waals surface area contributed by atoms with Gasteiger partial charge in [-0.25, -0.2) is 0 Å². The van der Waals surface area contributed by atoms with Gasteiger partial charge in [-0.05, 0) is 53.1 Å². The average molecular weight is 582 g/mol. The molecular formula is C33H38Cl2N2O3. The smallest absolute Gasteiger partial charge is 0.261 e. The van der Waals surface area contributed by atoms with Crippen LogP contribution in [-0.4, -0.2) is 35.4 Å². The number of rotatable bonds is 10. The minimum atomic E-state index is -0.747. The molecule has 0 unspecified atom stereocenters. The van der Waals surface area contributed by atoms with Crippen LogP contribution in [0, 0.1) is 0 Å². The molecule has 2 amide bonds. The molecule has 1 N–H and O–H groups in total. The first-order valence-corrected chi connectivity index (χ1v) is 14.7. The first kappa shape index (κ1) is 30.0. The van der Waals surface area contributed by atoms with Gasteiger partial charge in [0, 0.05) is 29.1 Å². The number of carbonyl (C=O) groups excluding carboxylic acids is 2. The normalized spacial score (nSPS) is 14.5. The molecule has 0 radical (unpaired) electrons. The number of para-hydroxylation sites is 1. The molecule has 40 heavy (non-hydrogen) atoms. The molecule has 0 heterocycles. The minimum Gasteiger partial charge on any atom is -0.483 e. The SMILES string of the molecule is CC(C)(C)c1ccccc1OCC(=O)N(Cc1ccc(Cl)cc1Cl)[C@H](Cc1ccccc1)C(=O)NC1CCCC1. The topological polar surface area (TPSA) is 58.6 Å². The molecule has 7 heteroatoms. The quantitative estimate of drug-likeness (QED) is 0.272. The van der Waals surface area contributed by atoms with Crippen LogP contribution < -0.4 is 10.1 Å². The number of hydrogen-bond donors (Lipinski definition) is 1. The maximum atomic E-state index is 14.0. The predicted octanol–water partition coefficient (Wildman–Crippen LogP) is 7.37. The van der Waals surface area contributed by atoms with E-state index < -0.39 is 6.04 Å². The maximum Gasteiger partial charge on any atom is 0.261 e. The average Bonchev–Trinajstić information content (AvgIpc) is 3.43. The molecule has 1 aliphatic rings. The number of hydrogen-bond acceptors (Lipinski definition) is 3. The number of benzene rings is 3. The summed E-state index contributed by atoms with van der Waals surface area (Å²) < 4.78 is 6.13. The lowest BCUT2D eigenvalue weighted by molar-refractivity contribution is -0.143. The van der Waals surface area contributed by atoms with Gasteiger partial charge in [-0.15, -0.1) is 0 Å². The van der Waals surface area contributed by atoms with E-state index in [2.05, 4.69) is 26.1 Å². The van der Waals surface area contributed by atoms with Gasteiger partial charge in [-0.1, -0.05) is 111 Å². The summed E-state index contributed by atoms with van der Waals surface area (Å²) in [7, 11) is 0. The van der Waals surface area contributed by atoms with E-state index in [1.807, 2.05) is 54.6 Å². The van der Waals surface area contributed by atoms with Crippen molar-refractivity contribution < 1.29 is 14.3 Å². The molecule has 212 valence electrons. The van der Waals surface area contributed by atoms with E-state index in [1.54, 1.807) is 23.1 Å². The summed E-state index contributed by atoms with van der Waals surface area (Å²) in [6.07, 6.45) is 4.46. The van der Waals surface area contributed by atoms with Gasteiger partial charge >= 0.3 is 0 Å². The zero-order chi connectivity index (χ0) is 28.7. The second-order valence-corrected chi connectivity index (χ2v) is 12.3. The Morgan fingerprint density at radius 1 is 0.975 bits per heavy atom. The Hall–Kier alpha value is -3.02. The molecule has 0 bridgehead atoms. The molecule has 4 rings (SSSR count). The van der Waals surface area contributed by atoms with E-state index in [1.165, 1.54) is 0 Å². The minimum absolute atomic E-state index is 0.122. The largest absolute Gasteiger partial charge is 0.483 e. The lowest BCUT2D eigenvalue weighted by Crippen LogP contribution is -2.53. The number of nitrogens with one attached hydrogen (secondary N) is 1. The van der Waals surface area contributed by atoms with Crippen molar-refractivity contribution in [2.75, 3.05) is 6.61 Å². The first-order valence-electron chi connectivity index (χ1n) is 13.9. The predicted molar refractivity (Wildman–Crippen MR) is 162 cm³/mol. The Labute approximate surface area is 247 Å². The van der Waals surface area contributed by atoms with Gasteiger partial charge < -0.3 is 15.0 Å². The maximum absolute atomic E-state index is 14.0. The van der Waals surface area contributed by atoms with Crippen LogP contribution in [0.25, 0.3) is 0 Å². The molecule has 1 fully saturated rings. The fourth-order valence-corrected chi connectivity index (χ4v) is 5.66. The standard InChI is InChI=1S/C33H38Cl2N2O3/c1-33(2,3)27-15-9-10-16-30(27)40-22-31(38)37(21-24-17-18-25(34)20-28(24)35)29(19-23-11-5-4-6-12-23)32(39)36-26-13-7-8-14-26/h4-6,9-12,15-18,20,26,29H,7-8,13-14,19,21-22H2,1-3H3,(H,36,39)/t29-/m1/s1. The summed E-state index contributed by atoms with van der Waals surface area (Å²) >= 11 is 12.7. The van der Waals surface area contributed by atoms with Gasteiger partial charge in [0.15, 0.2) is 6.61 Å². The fourth-order valence-electron chi connectivity index (χ4n) is 5.19. The molecular weight excluding hydrogens is 543 g/mol. The number of amides is 2. The van der Waals surface area contributed by atoms with Crippen LogP contribution in [-0.2, 0) is 28.0 Å². The Bertz CT molecular complexity index is 1300. The molecule has 1 atom stereocenters. The van der Waals surface area contributed by atoms with Crippen LogP contribution in [0.15, 0.2) is 72.8 Å². The van der Waals surface area contributed by atoms with Gasteiger partial charge in [0.25, 0.3) is 5.91 Å². The van der Waals surface area contributed by atoms with E-state index >= 15 is 0 Å². The lowest BCUT2D eigenvalue weighted by Gasteiger charge is -2.33. The molecule has 0 saturated heterocycles. The van der Waals surface area contributed by atoms with Crippen molar-refractivity contribution in [3.63, 3.8) is 0 Å². The molecule has 3 aromatic carbocycles. The number of halogens is 2. The van der Waals surface area contributed by atoms with Crippen molar-refractivity contribution in [2.45, 2.75) is 76.9 Å². The first-order chi connectivity index (χ1) is 19.1. The van der Waals surface area contributed by atoms with Crippen LogP contribution in [0.2, 0.25) is 10.0 Å². The highest BCUT2D eigenvalue weighted by Crippen LogP contribution is 2.31. The zero-order valence-corrected chi connectivity index (χ0v) is 25.0. The van der Waals surface area contributed by atoms with E-state index in [9.17, 15) is 9.59 Å². The third-order valence-corrected chi connectivity index (χ3v) is 7.96. The zero-order valence-electron chi connectivity index (χ0n) is 23.5. The van der Waals surface area contributed by atoms with Gasteiger partial charge in [0.05, 0.1) is 0 Å². The molecule has 0 spiro atoms. The highest BCUT2D eigenvalue weighted by molar-refractivity contribution is 6.35.